The highest BCUT2D eigenvalue weighted by atomic mass is 32.3. The molecule has 1 heterocycles. The zero-order chi connectivity index (χ0) is 12.4. The van der Waals surface area contributed by atoms with Crippen LogP contribution in [0.25, 0.3) is 0 Å². The molecule has 0 aromatic carbocycles. The second kappa shape index (κ2) is 8.49. The molecule has 0 N–H and O–H groups in total. The molecule has 16 heavy (non-hydrogen) atoms. The van der Waals surface area contributed by atoms with Gasteiger partial charge >= 0.3 is 10.4 Å². The summed E-state index contributed by atoms with van der Waals surface area (Å²) >= 11 is 0. The van der Waals surface area contributed by atoms with Crippen molar-refractivity contribution in [1.82, 2.24) is 4.90 Å². The Kier molecular flexibility index (Phi) is 8.14. The van der Waals surface area contributed by atoms with Crippen LogP contribution in [0.3, 0.4) is 0 Å². The van der Waals surface area contributed by atoms with Crippen molar-refractivity contribution < 1.29 is 21.6 Å². The van der Waals surface area contributed by atoms with Crippen LogP contribution in [-0.2, 0) is 23.6 Å². The summed E-state index contributed by atoms with van der Waals surface area (Å²) in [4.78, 5) is 12.1. The van der Waals surface area contributed by atoms with Gasteiger partial charge in [0.25, 0.3) is 0 Å². The Morgan fingerprint density at radius 3 is 1.69 bits per heavy atom. The van der Waals surface area contributed by atoms with Crippen LogP contribution >= 0.6 is 0 Å². The molecule has 1 aliphatic heterocycles. The Morgan fingerprint density at radius 2 is 1.44 bits per heavy atom. The molecule has 6 nitrogen and oxygen atoms in total. The van der Waals surface area contributed by atoms with E-state index in [-0.39, 0.29) is 0 Å². The smallest absolute Gasteiger partial charge is 0.345 e. The molecule has 1 fully saturated rings. The standard InChI is InChI=1S/C7H13NO.C2H6O4S/c9-7-8-5-3-1-2-4-6-8;1-5-7(3,4)6-2/h7H,1-6H2;1-2H3. The van der Waals surface area contributed by atoms with Gasteiger partial charge in [0.05, 0.1) is 14.2 Å². The highest BCUT2D eigenvalue weighted by Crippen LogP contribution is 2.06. The minimum atomic E-state index is -3.66. The van der Waals surface area contributed by atoms with Gasteiger partial charge in [-0.15, -0.1) is 0 Å². The van der Waals surface area contributed by atoms with E-state index in [2.05, 4.69) is 8.37 Å². The molecule has 0 radical (unpaired) electrons. The average molecular weight is 253 g/mol. The van der Waals surface area contributed by atoms with Gasteiger partial charge in [-0.2, -0.15) is 8.42 Å². The van der Waals surface area contributed by atoms with Crippen LogP contribution in [0.5, 0.6) is 0 Å². The van der Waals surface area contributed by atoms with E-state index >= 15 is 0 Å². The van der Waals surface area contributed by atoms with Crippen molar-refractivity contribution in [3.8, 4) is 0 Å². The first-order valence-corrected chi connectivity index (χ1v) is 6.44. The average Bonchev–Trinajstić information content (AvgIpc) is 2.58. The van der Waals surface area contributed by atoms with Gasteiger partial charge in [0.2, 0.25) is 6.41 Å². The zero-order valence-electron chi connectivity index (χ0n) is 9.72. The van der Waals surface area contributed by atoms with Crippen LogP contribution < -0.4 is 0 Å². The van der Waals surface area contributed by atoms with E-state index in [0.29, 0.717) is 0 Å². The van der Waals surface area contributed by atoms with Gasteiger partial charge in [0.15, 0.2) is 0 Å². The number of carbonyl (C=O) groups excluding carboxylic acids is 1. The molecule has 0 aliphatic carbocycles. The van der Waals surface area contributed by atoms with Crippen LogP contribution in [-0.4, -0.2) is 47.0 Å². The van der Waals surface area contributed by atoms with E-state index in [0.717, 1.165) is 33.7 Å². The van der Waals surface area contributed by atoms with Gasteiger partial charge in [0, 0.05) is 13.1 Å². The third kappa shape index (κ3) is 7.61. The lowest BCUT2D eigenvalue weighted by atomic mass is 10.2. The normalized spacial score (nSPS) is 17.0. The maximum atomic E-state index is 10.2. The number of rotatable bonds is 3. The molecule has 0 bridgehead atoms. The number of amides is 1. The quantitative estimate of drug-likeness (QED) is 0.686. The Morgan fingerprint density at radius 1 is 1.00 bits per heavy atom. The maximum absolute atomic E-state index is 10.2. The zero-order valence-corrected chi connectivity index (χ0v) is 10.5. The molecule has 0 atom stereocenters. The molecule has 96 valence electrons. The molecule has 0 spiro atoms. The maximum Gasteiger partial charge on any atom is 0.399 e. The van der Waals surface area contributed by atoms with Crippen molar-refractivity contribution >= 4 is 16.8 Å². The van der Waals surface area contributed by atoms with Gasteiger partial charge in [-0.1, -0.05) is 12.8 Å². The molecule has 1 rings (SSSR count). The molecule has 0 aromatic heterocycles. The first-order chi connectivity index (χ1) is 7.55. The SMILES string of the molecule is COS(=O)(=O)OC.O=CN1CCCCCC1. The van der Waals surface area contributed by atoms with Gasteiger partial charge in [0.1, 0.15) is 0 Å². The Bertz CT molecular complexity index is 260. The fraction of sp³-hybridized carbons (Fsp3) is 0.889. The third-order valence-corrected chi connectivity index (χ3v) is 3.01. The van der Waals surface area contributed by atoms with E-state index in [1.807, 2.05) is 4.90 Å². The number of nitrogens with zero attached hydrogens (tertiary/aromatic N) is 1. The van der Waals surface area contributed by atoms with Gasteiger partial charge in [-0.25, -0.2) is 0 Å². The van der Waals surface area contributed by atoms with E-state index in [1.54, 1.807) is 0 Å². The van der Waals surface area contributed by atoms with Crippen molar-refractivity contribution in [2.24, 2.45) is 0 Å². The van der Waals surface area contributed by atoms with Gasteiger partial charge < -0.3 is 4.90 Å². The monoisotopic (exact) mass is 253 g/mol. The van der Waals surface area contributed by atoms with Crippen molar-refractivity contribution in [2.45, 2.75) is 25.7 Å². The molecule has 0 aromatic rings. The number of hydrogen-bond donors (Lipinski definition) is 0. The lowest BCUT2D eigenvalue weighted by Crippen LogP contribution is -2.22. The summed E-state index contributed by atoms with van der Waals surface area (Å²) in [6.07, 6.45) is 5.94. The van der Waals surface area contributed by atoms with Crippen LogP contribution in [0.15, 0.2) is 0 Å². The predicted molar refractivity (Wildman–Crippen MR) is 59.0 cm³/mol. The van der Waals surface area contributed by atoms with Crippen LogP contribution in [0.1, 0.15) is 25.7 Å². The summed E-state index contributed by atoms with van der Waals surface area (Å²) in [5.74, 6) is 0. The van der Waals surface area contributed by atoms with E-state index < -0.39 is 10.4 Å². The third-order valence-electron chi connectivity index (χ3n) is 2.20. The highest BCUT2D eigenvalue weighted by molar-refractivity contribution is 7.81. The fourth-order valence-corrected chi connectivity index (χ4v) is 1.40. The second-order valence-electron chi connectivity index (χ2n) is 3.30. The van der Waals surface area contributed by atoms with Crippen LogP contribution in [0.4, 0.5) is 0 Å². The predicted octanol–water partition coefficient (Wildman–Crippen LogP) is 0.543. The summed E-state index contributed by atoms with van der Waals surface area (Å²) in [5.41, 5.74) is 0. The van der Waals surface area contributed by atoms with Crippen molar-refractivity contribution in [3.63, 3.8) is 0 Å². The summed E-state index contributed by atoms with van der Waals surface area (Å²) in [6.45, 7) is 1.95. The molecular weight excluding hydrogens is 234 g/mol. The van der Waals surface area contributed by atoms with E-state index in [9.17, 15) is 13.2 Å². The highest BCUT2D eigenvalue weighted by Gasteiger charge is 2.04. The second-order valence-corrected chi connectivity index (χ2v) is 4.78. The number of carbonyl (C=O) groups is 1. The van der Waals surface area contributed by atoms with Gasteiger partial charge in [-0.05, 0) is 12.8 Å². The van der Waals surface area contributed by atoms with E-state index in [1.165, 1.54) is 25.7 Å². The Labute approximate surface area is 96.9 Å². The molecule has 0 unspecified atom stereocenters. The Hall–Kier alpha value is -0.660. The molecule has 1 saturated heterocycles. The summed E-state index contributed by atoms with van der Waals surface area (Å²) in [5, 5.41) is 0. The minimum Gasteiger partial charge on any atom is -0.345 e. The van der Waals surface area contributed by atoms with Crippen molar-refractivity contribution in [3.05, 3.63) is 0 Å². The largest absolute Gasteiger partial charge is 0.399 e. The lowest BCUT2D eigenvalue weighted by molar-refractivity contribution is -0.118. The summed E-state index contributed by atoms with van der Waals surface area (Å²) < 4.78 is 27.5. The number of hydrogen-bond acceptors (Lipinski definition) is 5. The summed E-state index contributed by atoms with van der Waals surface area (Å²) in [6, 6.07) is 0. The minimum absolute atomic E-state index is 0.964. The molecule has 1 aliphatic rings. The van der Waals surface area contributed by atoms with E-state index in [4.69, 9.17) is 0 Å². The molecular formula is C9H19NO5S. The van der Waals surface area contributed by atoms with Crippen molar-refractivity contribution in [2.75, 3.05) is 27.3 Å². The first kappa shape index (κ1) is 15.3. The molecule has 1 amide bonds. The van der Waals surface area contributed by atoms with Crippen LogP contribution in [0.2, 0.25) is 0 Å². The molecule has 0 saturated carbocycles. The van der Waals surface area contributed by atoms with Gasteiger partial charge in [-0.3, -0.25) is 13.2 Å². The van der Waals surface area contributed by atoms with Crippen molar-refractivity contribution in [1.29, 1.82) is 0 Å². The number of likely N-dealkylation sites (tertiary alicyclic amines) is 1. The fourth-order valence-electron chi connectivity index (χ4n) is 1.27. The topological polar surface area (TPSA) is 72.9 Å². The van der Waals surface area contributed by atoms with Crippen LogP contribution in [0, 0.1) is 0 Å². The summed E-state index contributed by atoms with van der Waals surface area (Å²) in [7, 11) is -1.60. The first-order valence-electron chi connectivity index (χ1n) is 5.11. The molecule has 7 heteroatoms. The Balaban J connectivity index is 0.000000293. The lowest BCUT2D eigenvalue weighted by Gasteiger charge is -2.11.